The van der Waals surface area contributed by atoms with Gasteiger partial charge in [0.25, 0.3) is 0 Å². The molecule has 1 aliphatic rings. The van der Waals surface area contributed by atoms with Crippen LogP contribution in [0.25, 0.3) is 0 Å². The van der Waals surface area contributed by atoms with E-state index in [0.29, 0.717) is 13.3 Å². The topological polar surface area (TPSA) is 62.4 Å². The van der Waals surface area contributed by atoms with E-state index in [1.807, 2.05) is 0 Å². The van der Waals surface area contributed by atoms with Crippen LogP contribution in [0.3, 0.4) is 0 Å². The number of hydrogen-bond donors (Lipinski definition) is 3. The van der Waals surface area contributed by atoms with Gasteiger partial charge in [-0.1, -0.05) is 0 Å². The second kappa shape index (κ2) is 3.26. The van der Waals surface area contributed by atoms with Crippen molar-refractivity contribution >= 4 is 6.09 Å². The van der Waals surface area contributed by atoms with E-state index >= 15 is 0 Å². The lowest BCUT2D eigenvalue weighted by Crippen LogP contribution is -2.44. The van der Waals surface area contributed by atoms with Crippen LogP contribution in [0.5, 0.6) is 0 Å². The molecule has 0 radical (unpaired) electrons. The van der Waals surface area contributed by atoms with E-state index in [2.05, 4.69) is 20.7 Å². The van der Waals surface area contributed by atoms with Gasteiger partial charge in [-0.2, -0.15) is 0 Å². The van der Waals surface area contributed by atoms with Crippen molar-refractivity contribution in [3.05, 3.63) is 0 Å². The lowest BCUT2D eigenvalue weighted by atomic mass is 10.8. The molecule has 0 aromatic rings. The van der Waals surface area contributed by atoms with Crippen LogP contribution in [-0.4, -0.2) is 26.2 Å². The average Bonchev–Trinajstić information content (AvgIpc) is 1.79. The Morgan fingerprint density at radius 1 is 1.33 bits per heavy atom. The summed E-state index contributed by atoms with van der Waals surface area (Å²) in [7, 11) is 0. The Morgan fingerprint density at radius 2 is 2.22 bits per heavy atom. The zero-order chi connectivity index (χ0) is 6.53. The molecule has 5 nitrogen and oxygen atoms in total. The predicted molar refractivity (Wildman–Crippen MR) is 30.5 cm³/mol. The van der Waals surface area contributed by atoms with Gasteiger partial charge in [-0.3, -0.25) is 10.6 Å². The number of hydrogen-bond acceptors (Lipinski definition) is 4. The number of carbonyl (C=O) groups excluding carboxylic acids is 1. The zero-order valence-electron chi connectivity index (χ0n) is 4.94. The van der Waals surface area contributed by atoms with Gasteiger partial charge in [-0.25, -0.2) is 4.79 Å². The molecule has 9 heavy (non-hydrogen) atoms. The molecule has 0 bridgehead atoms. The van der Waals surface area contributed by atoms with E-state index in [1.54, 1.807) is 0 Å². The summed E-state index contributed by atoms with van der Waals surface area (Å²) in [5.41, 5.74) is 0. The van der Waals surface area contributed by atoms with Gasteiger partial charge < -0.3 is 10.1 Å². The number of carbonyl (C=O) groups is 1. The minimum Gasteiger partial charge on any atom is -0.434 e. The fourth-order valence-corrected chi connectivity index (χ4v) is 0.504. The van der Waals surface area contributed by atoms with Crippen molar-refractivity contribution in [3.8, 4) is 0 Å². The van der Waals surface area contributed by atoms with Gasteiger partial charge in [-0.05, 0) is 0 Å². The third-order valence-electron chi connectivity index (χ3n) is 0.913. The predicted octanol–water partition coefficient (Wildman–Crippen LogP) is -1.22. The van der Waals surface area contributed by atoms with E-state index in [0.717, 1.165) is 0 Å². The van der Waals surface area contributed by atoms with E-state index in [9.17, 15) is 4.79 Å². The van der Waals surface area contributed by atoms with Crippen molar-refractivity contribution in [2.45, 2.75) is 0 Å². The highest BCUT2D eigenvalue weighted by atomic mass is 16.6. The molecule has 0 saturated carbocycles. The number of amides is 1. The molecule has 0 aromatic carbocycles. The van der Waals surface area contributed by atoms with Crippen LogP contribution < -0.4 is 16.0 Å². The summed E-state index contributed by atoms with van der Waals surface area (Å²) in [6.07, 6.45) is -0.394. The lowest BCUT2D eigenvalue weighted by molar-refractivity contribution is 0.129. The van der Waals surface area contributed by atoms with E-state index in [4.69, 9.17) is 0 Å². The molecule has 0 atom stereocenters. The van der Waals surface area contributed by atoms with Gasteiger partial charge in [0.05, 0.1) is 6.67 Å². The smallest absolute Gasteiger partial charge is 0.409 e. The van der Waals surface area contributed by atoms with Crippen molar-refractivity contribution in [2.75, 3.05) is 20.1 Å². The minimum absolute atomic E-state index is 0.263. The van der Waals surface area contributed by atoms with Gasteiger partial charge >= 0.3 is 6.09 Å². The van der Waals surface area contributed by atoms with E-state index < -0.39 is 6.09 Å². The first-order valence-corrected chi connectivity index (χ1v) is 2.71. The molecular formula is C4H9N3O2. The summed E-state index contributed by atoms with van der Waals surface area (Å²) in [5.74, 6) is 0. The number of nitrogens with one attached hydrogen (secondary N) is 3. The molecular weight excluding hydrogens is 122 g/mol. The molecule has 5 heteroatoms. The summed E-state index contributed by atoms with van der Waals surface area (Å²) in [6, 6.07) is 0. The maximum absolute atomic E-state index is 10.4. The average molecular weight is 131 g/mol. The first-order chi connectivity index (χ1) is 4.39. The monoisotopic (exact) mass is 131 g/mol. The van der Waals surface area contributed by atoms with Crippen LogP contribution in [0.1, 0.15) is 0 Å². The standard InChI is InChI=1S/C4H9N3O2/c8-4-7-2-5-1-6-3-9-4/h5-6H,1-3H2,(H,7,8). The van der Waals surface area contributed by atoms with Crippen molar-refractivity contribution in [2.24, 2.45) is 0 Å². The maximum Gasteiger partial charge on any atom is 0.409 e. The van der Waals surface area contributed by atoms with Crippen LogP contribution in [-0.2, 0) is 4.74 Å². The number of cyclic esters (lactones) is 1. The van der Waals surface area contributed by atoms with Gasteiger partial charge in [0, 0.05) is 6.67 Å². The highest BCUT2D eigenvalue weighted by molar-refractivity contribution is 5.66. The maximum atomic E-state index is 10.4. The molecule has 0 spiro atoms. The summed E-state index contributed by atoms with van der Waals surface area (Å²) < 4.78 is 4.58. The third kappa shape index (κ3) is 2.29. The fraction of sp³-hybridized carbons (Fsp3) is 0.750. The largest absolute Gasteiger partial charge is 0.434 e. The fourth-order valence-electron chi connectivity index (χ4n) is 0.504. The molecule has 0 aliphatic carbocycles. The second-order valence-corrected chi connectivity index (χ2v) is 1.61. The summed E-state index contributed by atoms with van der Waals surface area (Å²) in [6.45, 7) is 1.37. The Kier molecular flexibility index (Phi) is 2.29. The Bertz CT molecular complexity index is 96.0. The molecule has 1 fully saturated rings. The van der Waals surface area contributed by atoms with Gasteiger partial charge in [-0.15, -0.1) is 0 Å². The Morgan fingerprint density at radius 3 is 3.11 bits per heavy atom. The van der Waals surface area contributed by atoms with Crippen LogP contribution >= 0.6 is 0 Å². The molecule has 0 unspecified atom stereocenters. The van der Waals surface area contributed by atoms with Gasteiger partial charge in [0.15, 0.2) is 0 Å². The summed E-state index contributed by atoms with van der Waals surface area (Å²) >= 11 is 0. The molecule has 0 aromatic heterocycles. The summed E-state index contributed by atoms with van der Waals surface area (Å²) in [4.78, 5) is 10.4. The minimum atomic E-state index is -0.394. The molecule has 1 rings (SSSR count). The highest BCUT2D eigenvalue weighted by Gasteiger charge is 2.01. The van der Waals surface area contributed by atoms with Crippen molar-refractivity contribution < 1.29 is 9.53 Å². The van der Waals surface area contributed by atoms with Gasteiger partial charge in [0.2, 0.25) is 0 Å². The number of ether oxygens (including phenoxy) is 1. The Balaban J connectivity index is 2.20. The third-order valence-corrected chi connectivity index (χ3v) is 0.913. The van der Waals surface area contributed by atoms with Crippen LogP contribution in [0, 0.1) is 0 Å². The molecule has 52 valence electrons. The highest BCUT2D eigenvalue weighted by Crippen LogP contribution is 1.74. The SMILES string of the molecule is O=C1NCNCNCO1. The first-order valence-electron chi connectivity index (χ1n) is 2.71. The van der Waals surface area contributed by atoms with Crippen molar-refractivity contribution in [3.63, 3.8) is 0 Å². The molecule has 1 aliphatic heterocycles. The molecule has 1 amide bonds. The lowest BCUT2D eigenvalue weighted by Gasteiger charge is -2.12. The first kappa shape index (κ1) is 6.31. The van der Waals surface area contributed by atoms with Crippen LogP contribution in [0.15, 0.2) is 0 Å². The quantitative estimate of drug-likeness (QED) is 0.385. The zero-order valence-corrected chi connectivity index (χ0v) is 4.94. The van der Waals surface area contributed by atoms with Crippen molar-refractivity contribution in [1.82, 2.24) is 16.0 Å². The molecule has 1 heterocycles. The second-order valence-electron chi connectivity index (χ2n) is 1.61. The van der Waals surface area contributed by atoms with E-state index in [-0.39, 0.29) is 6.73 Å². The summed E-state index contributed by atoms with van der Waals surface area (Å²) in [5, 5.41) is 8.19. The van der Waals surface area contributed by atoms with Crippen LogP contribution in [0.4, 0.5) is 4.79 Å². The normalized spacial score (nSPS) is 21.1. The Hall–Kier alpha value is -0.810. The molecule has 1 saturated heterocycles. The Labute approximate surface area is 52.8 Å². The van der Waals surface area contributed by atoms with Gasteiger partial charge in [0.1, 0.15) is 6.73 Å². The molecule has 3 N–H and O–H groups in total. The van der Waals surface area contributed by atoms with E-state index in [1.165, 1.54) is 0 Å². The van der Waals surface area contributed by atoms with Crippen LogP contribution in [0.2, 0.25) is 0 Å². The van der Waals surface area contributed by atoms with Crippen molar-refractivity contribution in [1.29, 1.82) is 0 Å². The number of alkyl carbamates (subject to hydrolysis) is 1. The number of rotatable bonds is 0.